The lowest BCUT2D eigenvalue weighted by atomic mass is 10.0. The van der Waals surface area contributed by atoms with E-state index in [0.29, 0.717) is 12.8 Å². The van der Waals surface area contributed by atoms with Gasteiger partial charge in [-0.15, -0.1) is 0 Å². The molecule has 6 nitrogen and oxygen atoms in total. The Hall–Kier alpha value is -1.44. The van der Waals surface area contributed by atoms with Crippen molar-refractivity contribution < 1.29 is 23.4 Å². The summed E-state index contributed by atoms with van der Waals surface area (Å²) in [5.41, 5.74) is -1.28. The molecule has 1 aromatic carbocycles. The van der Waals surface area contributed by atoms with Gasteiger partial charge in [0.05, 0.1) is 16.1 Å². The average molecular weight is 313 g/mol. The maximum atomic E-state index is 12.5. The first-order chi connectivity index (χ1) is 9.76. The molecule has 0 heterocycles. The molecule has 1 aromatic rings. The summed E-state index contributed by atoms with van der Waals surface area (Å²) in [6.07, 6.45) is 2.87. The normalized spacial score (nSPS) is 18.0. The SMILES string of the molecule is CN(CC1(O)CCCC1)S(=O)(=O)c1ccccc1C(=O)O. The van der Waals surface area contributed by atoms with Gasteiger partial charge in [-0.25, -0.2) is 13.2 Å². The standard InChI is InChI=1S/C14H19NO5S/c1-15(10-14(18)8-4-5-9-14)21(19,20)12-7-3-2-6-11(12)13(16)17/h2-3,6-7,18H,4-5,8-10H2,1H3,(H,16,17). The Morgan fingerprint density at radius 3 is 2.43 bits per heavy atom. The molecule has 7 heteroatoms. The summed E-state index contributed by atoms with van der Waals surface area (Å²) >= 11 is 0. The minimum Gasteiger partial charge on any atom is -0.478 e. The molecule has 0 aliphatic heterocycles. The predicted molar refractivity (Wildman–Crippen MR) is 76.6 cm³/mol. The smallest absolute Gasteiger partial charge is 0.337 e. The Morgan fingerprint density at radius 2 is 1.86 bits per heavy atom. The fourth-order valence-corrected chi connectivity index (χ4v) is 4.16. The topological polar surface area (TPSA) is 94.9 Å². The van der Waals surface area contributed by atoms with Crippen molar-refractivity contribution in [3.63, 3.8) is 0 Å². The maximum Gasteiger partial charge on any atom is 0.337 e. The molecule has 1 aliphatic rings. The zero-order chi connectivity index (χ0) is 15.7. The van der Waals surface area contributed by atoms with Gasteiger partial charge in [-0.2, -0.15) is 4.31 Å². The predicted octanol–water partition coefficient (Wildman–Crippen LogP) is 1.31. The quantitative estimate of drug-likeness (QED) is 0.854. The monoisotopic (exact) mass is 313 g/mol. The van der Waals surface area contributed by atoms with E-state index in [4.69, 9.17) is 5.11 Å². The molecule has 0 spiro atoms. The van der Waals surface area contributed by atoms with E-state index in [9.17, 15) is 18.3 Å². The van der Waals surface area contributed by atoms with E-state index in [-0.39, 0.29) is 17.0 Å². The van der Waals surface area contributed by atoms with Crippen LogP contribution in [0.2, 0.25) is 0 Å². The van der Waals surface area contributed by atoms with Crippen molar-refractivity contribution in [1.82, 2.24) is 4.31 Å². The minimum atomic E-state index is -3.95. The van der Waals surface area contributed by atoms with Crippen LogP contribution in [0.25, 0.3) is 0 Å². The molecule has 21 heavy (non-hydrogen) atoms. The number of nitrogens with zero attached hydrogens (tertiary/aromatic N) is 1. The zero-order valence-corrected chi connectivity index (χ0v) is 12.6. The highest BCUT2D eigenvalue weighted by Gasteiger charge is 2.36. The third kappa shape index (κ3) is 3.25. The van der Waals surface area contributed by atoms with Crippen LogP contribution in [-0.2, 0) is 10.0 Å². The van der Waals surface area contributed by atoms with E-state index in [1.807, 2.05) is 0 Å². The van der Waals surface area contributed by atoms with Gasteiger partial charge < -0.3 is 10.2 Å². The van der Waals surface area contributed by atoms with E-state index >= 15 is 0 Å². The molecule has 1 aliphatic carbocycles. The Labute approximate surface area is 124 Å². The third-order valence-corrected chi connectivity index (χ3v) is 5.72. The molecule has 0 saturated heterocycles. The second kappa shape index (κ2) is 5.75. The number of aromatic carboxylic acids is 1. The number of hydrogen-bond acceptors (Lipinski definition) is 4. The molecule has 116 valence electrons. The summed E-state index contributed by atoms with van der Waals surface area (Å²) in [4.78, 5) is 10.9. The molecule has 0 aromatic heterocycles. The Balaban J connectivity index is 2.31. The fraction of sp³-hybridized carbons (Fsp3) is 0.500. The minimum absolute atomic E-state index is 0.0245. The van der Waals surface area contributed by atoms with Gasteiger partial charge in [0.15, 0.2) is 0 Å². The van der Waals surface area contributed by atoms with Gasteiger partial charge in [-0.3, -0.25) is 0 Å². The van der Waals surface area contributed by atoms with Crippen LogP contribution in [0, 0.1) is 0 Å². The Kier molecular flexibility index (Phi) is 4.36. The lowest BCUT2D eigenvalue weighted by Gasteiger charge is -2.28. The lowest BCUT2D eigenvalue weighted by Crippen LogP contribution is -2.42. The second-order valence-electron chi connectivity index (χ2n) is 5.49. The Morgan fingerprint density at radius 1 is 1.29 bits per heavy atom. The lowest BCUT2D eigenvalue weighted by molar-refractivity contribution is 0.0333. The number of hydrogen-bond donors (Lipinski definition) is 2. The van der Waals surface area contributed by atoms with Crippen LogP contribution in [0.3, 0.4) is 0 Å². The van der Waals surface area contributed by atoms with Crippen LogP contribution in [0.1, 0.15) is 36.0 Å². The van der Waals surface area contributed by atoms with Crippen molar-refractivity contribution in [2.45, 2.75) is 36.2 Å². The maximum absolute atomic E-state index is 12.5. The molecular weight excluding hydrogens is 294 g/mol. The summed E-state index contributed by atoms with van der Waals surface area (Å²) in [5, 5.41) is 19.4. The van der Waals surface area contributed by atoms with E-state index in [1.165, 1.54) is 31.3 Å². The summed E-state index contributed by atoms with van der Waals surface area (Å²) in [6.45, 7) is -0.0245. The largest absolute Gasteiger partial charge is 0.478 e. The van der Waals surface area contributed by atoms with Crippen molar-refractivity contribution in [2.24, 2.45) is 0 Å². The molecule has 0 radical (unpaired) electrons. The summed E-state index contributed by atoms with van der Waals surface area (Å²) in [7, 11) is -2.58. The van der Waals surface area contributed by atoms with Crippen LogP contribution >= 0.6 is 0 Å². The summed E-state index contributed by atoms with van der Waals surface area (Å²) in [6, 6.07) is 5.49. The van der Waals surface area contributed by atoms with Crippen LogP contribution < -0.4 is 0 Å². The van der Waals surface area contributed by atoms with Gasteiger partial charge >= 0.3 is 5.97 Å². The number of sulfonamides is 1. The van der Waals surface area contributed by atoms with E-state index in [1.54, 1.807) is 0 Å². The summed E-state index contributed by atoms with van der Waals surface area (Å²) < 4.78 is 26.1. The molecule has 1 fully saturated rings. The molecule has 0 unspecified atom stereocenters. The van der Waals surface area contributed by atoms with Gasteiger partial charge in [0, 0.05) is 13.6 Å². The first-order valence-electron chi connectivity index (χ1n) is 6.77. The second-order valence-corrected chi connectivity index (χ2v) is 7.51. The van der Waals surface area contributed by atoms with Crippen molar-refractivity contribution >= 4 is 16.0 Å². The summed E-state index contributed by atoms with van der Waals surface area (Å²) in [5.74, 6) is -1.29. The molecule has 0 amide bonds. The van der Waals surface area contributed by atoms with Gasteiger partial charge in [0.2, 0.25) is 10.0 Å². The number of carboxylic acid groups (broad SMARTS) is 1. The van der Waals surface area contributed by atoms with Crippen LogP contribution in [-0.4, -0.2) is 48.1 Å². The average Bonchev–Trinajstić information content (AvgIpc) is 2.85. The third-order valence-electron chi connectivity index (χ3n) is 3.86. The van der Waals surface area contributed by atoms with Gasteiger partial charge in [0.1, 0.15) is 0 Å². The van der Waals surface area contributed by atoms with Crippen molar-refractivity contribution in [3.05, 3.63) is 29.8 Å². The Bertz CT molecular complexity index is 635. The van der Waals surface area contributed by atoms with Gasteiger partial charge in [-0.05, 0) is 25.0 Å². The first-order valence-corrected chi connectivity index (χ1v) is 8.21. The van der Waals surface area contributed by atoms with Crippen LogP contribution in [0.5, 0.6) is 0 Å². The molecule has 0 bridgehead atoms. The molecule has 0 atom stereocenters. The highest BCUT2D eigenvalue weighted by Crippen LogP contribution is 2.31. The van der Waals surface area contributed by atoms with Crippen LogP contribution in [0.4, 0.5) is 0 Å². The van der Waals surface area contributed by atoms with Crippen LogP contribution in [0.15, 0.2) is 29.2 Å². The molecule has 2 N–H and O–H groups in total. The highest BCUT2D eigenvalue weighted by atomic mass is 32.2. The number of carboxylic acids is 1. The van der Waals surface area contributed by atoms with E-state index in [0.717, 1.165) is 17.1 Å². The number of benzene rings is 1. The fourth-order valence-electron chi connectivity index (χ4n) is 2.73. The molecule has 2 rings (SSSR count). The number of rotatable bonds is 5. The highest BCUT2D eigenvalue weighted by molar-refractivity contribution is 7.89. The van der Waals surface area contributed by atoms with Crippen molar-refractivity contribution in [1.29, 1.82) is 0 Å². The van der Waals surface area contributed by atoms with Crippen molar-refractivity contribution in [2.75, 3.05) is 13.6 Å². The van der Waals surface area contributed by atoms with Crippen molar-refractivity contribution in [3.8, 4) is 0 Å². The molecule has 1 saturated carbocycles. The number of likely N-dealkylation sites (N-methyl/N-ethyl adjacent to an activating group) is 1. The number of aliphatic hydroxyl groups is 1. The van der Waals surface area contributed by atoms with E-state index in [2.05, 4.69) is 0 Å². The van der Waals surface area contributed by atoms with Gasteiger partial charge in [-0.1, -0.05) is 25.0 Å². The van der Waals surface area contributed by atoms with Gasteiger partial charge in [0.25, 0.3) is 0 Å². The molecular formula is C14H19NO5S. The zero-order valence-electron chi connectivity index (χ0n) is 11.8. The first kappa shape index (κ1) is 15.9. The van der Waals surface area contributed by atoms with E-state index < -0.39 is 21.6 Å². The number of carbonyl (C=O) groups is 1.